The minimum atomic E-state index is -1.39. The maximum absolute atomic E-state index is 14.7. The molecule has 0 radical (unpaired) electrons. The first-order valence-corrected chi connectivity index (χ1v) is 29.0. The van der Waals surface area contributed by atoms with Gasteiger partial charge in [-0.15, -0.1) is 0 Å². The smallest absolute Gasteiger partial charge is 0.239 e. The van der Waals surface area contributed by atoms with Crippen LogP contribution in [-0.4, -0.2) is 97.9 Å². The van der Waals surface area contributed by atoms with Gasteiger partial charge < -0.3 is 18.6 Å². The Labute approximate surface area is 474 Å². The van der Waals surface area contributed by atoms with Gasteiger partial charge in [-0.25, -0.2) is 0 Å². The second-order valence-corrected chi connectivity index (χ2v) is 22.1. The molecule has 0 unspecified atom stereocenters. The Bertz CT molecular complexity index is 3230. The summed E-state index contributed by atoms with van der Waals surface area (Å²) in [6.45, 7) is 17.0. The van der Waals surface area contributed by atoms with Crippen LogP contribution in [0.15, 0.2) is 94.2 Å². The van der Waals surface area contributed by atoms with Gasteiger partial charge in [0.1, 0.15) is 28.1 Å². The van der Waals surface area contributed by atoms with E-state index in [-0.39, 0.29) is 48.6 Å². The van der Waals surface area contributed by atoms with Crippen molar-refractivity contribution in [2.24, 2.45) is 50.9 Å². The first kappa shape index (κ1) is 60.6. The van der Waals surface area contributed by atoms with Crippen LogP contribution in [0.25, 0.3) is 21.9 Å². The highest BCUT2D eigenvalue weighted by Crippen LogP contribution is 2.37. The summed E-state index contributed by atoms with van der Waals surface area (Å²) in [5.74, 6) is 0.185. The summed E-state index contributed by atoms with van der Waals surface area (Å²) in [5, 5.41) is 20.0. The van der Waals surface area contributed by atoms with Crippen molar-refractivity contribution < 1.29 is 28.0 Å². The molecule has 17 heteroatoms. The number of hydrogen-bond donors (Lipinski definition) is 0. The van der Waals surface area contributed by atoms with Gasteiger partial charge in [0.05, 0.1) is 40.7 Å². The summed E-state index contributed by atoms with van der Waals surface area (Å²) in [5.41, 5.74) is 7.94. The van der Waals surface area contributed by atoms with Crippen LogP contribution in [0.2, 0.25) is 0 Å². The van der Waals surface area contributed by atoms with E-state index >= 15 is 0 Å². The molecule has 0 fully saturated rings. The summed E-state index contributed by atoms with van der Waals surface area (Å²) in [6.07, 6.45) is 6.39. The fraction of sp³-hybridized carbons (Fsp3) is 0.475. The number of hydrogen-bond acceptors (Lipinski definition) is 10. The highest BCUT2D eigenvalue weighted by molar-refractivity contribution is 14.1. The molecule has 0 saturated carbocycles. The number of amides is 2. The molecule has 0 bridgehead atoms. The third kappa shape index (κ3) is 14.5. The third-order valence-electron chi connectivity index (χ3n) is 14.6. The standard InChI is InChI=1S/C30H40N6O3.C30H38N4O3.CH3I/c1-20(2)18-33(5)28(37)30(16-25-13-21(3)31-35(25)7,17-26-14-22(4)32-36(26)8)29(38)34(6)19-23-9-10-27-24(15-23)11-12-39-27;1-20(2)7-11-28(35)30(18-25-15-21(3)31-33(25)5,19-26-16-22(4)32-34(26)6)29(36)12-9-23-8-10-27-24(17-23)13-14-37-27;1-2/h9-15,20H,16-19H2,1-8H3;8,10,13-17,20H,7,9,11-12,18-19H2,1-6H3;1H3. The van der Waals surface area contributed by atoms with E-state index in [9.17, 15) is 19.2 Å². The number of carbonyl (C=O) groups excluding carboxylic acids is 4. The number of Topliss-reactive ketones (excluding diaryl/α,β-unsaturated/α-hetero) is 2. The first-order chi connectivity index (χ1) is 37.0. The summed E-state index contributed by atoms with van der Waals surface area (Å²) >= 11 is 2.15. The minimum Gasteiger partial charge on any atom is -0.464 e. The van der Waals surface area contributed by atoms with Crippen molar-refractivity contribution in [3.05, 3.63) is 142 Å². The number of fused-ring (bicyclic) bond motifs is 2. The van der Waals surface area contributed by atoms with Crippen molar-refractivity contribution >= 4 is 67.9 Å². The maximum atomic E-state index is 14.7. The Balaban J connectivity index is 0.000000245. The zero-order chi connectivity index (χ0) is 57.2. The van der Waals surface area contributed by atoms with E-state index in [1.54, 1.807) is 55.1 Å². The normalized spacial score (nSPS) is 11.8. The van der Waals surface area contributed by atoms with E-state index in [1.807, 2.05) is 128 Å². The molecule has 16 nitrogen and oxygen atoms in total. The van der Waals surface area contributed by atoms with Crippen LogP contribution in [0.5, 0.6) is 0 Å². The van der Waals surface area contributed by atoms with Crippen LogP contribution in [0.1, 0.15) is 104 Å². The lowest BCUT2D eigenvalue weighted by Gasteiger charge is -2.38. The van der Waals surface area contributed by atoms with Crippen molar-refractivity contribution in [3.8, 4) is 0 Å². The highest BCUT2D eigenvalue weighted by Gasteiger charge is 2.50. The number of rotatable bonds is 22. The molecular weight excluding hydrogens is 1100 g/mol. The number of halogens is 1. The molecule has 78 heavy (non-hydrogen) atoms. The average Bonchev–Trinajstić information content (AvgIpc) is 4.31. The Morgan fingerprint density at radius 3 is 1.31 bits per heavy atom. The molecule has 0 aliphatic heterocycles. The molecule has 6 heterocycles. The highest BCUT2D eigenvalue weighted by atomic mass is 127. The van der Waals surface area contributed by atoms with Crippen molar-refractivity contribution in [2.45, 2.75) is 113 Å². The zero-order valence-corrected chi connectivity index (χ0v) is 50.8. The number of furan rings is 2. The SMILES string of the molecule is CI.Cc1cc(CC(Cc2cc(C)nn2C)(C(=O)CCc2ccc3occc3c2)C(=O)CCC(C)C)n(C)n1.Cc1cc(CC(Cc2cc(C)nn2C)(C(=O)N(C)Cc2ccc3occc3c2)C(=O)N(C)CC(C)C)n(C)n1. The molecule has 2 aromatic carbocycles. The largest absolute Gasteiger partial charge is 0.464 e. The molecule has 0 saturated heterocycles. The van der Waals surface area contributed by atoms with Gasteiger partial charge in [0.15, 0.2) is 0 Å². The van der Waals surface area contributed by atoms with Gasteiger partial charge in [0.25, 0.3) is 0 Å². The van der Waals surface area contributed by atoms with Gasteiger partial charge in [0.2, 0.25) is 11.8 Å². The monoisotopic (exact) mass is 1180 g/mol. The molecule has 0 aliphatic rings. The van der Waals surface area contributed by atoms with Crippen LogP contribution in [0.3, 0.4) is 0 Å². The summed E-state index contributed by atoms with van der Waals surface area (Å²) in [4.78, 5) is 62.9. The van der Waals surface area contributed by atoms with Gasteiger partial charge in [-0.05, 0) is 129 Å². The first-order valence-electron chi connectivity index (χ1n) is 26.8. The lowest BCUT2D eigenvalue weighted by molar-refractivity contribution is -0.156. The van der Waals surface area contributed by atoms with E-state index in [0.29, 0.717) is 44.7 Å². The van der Waals surface area contributed by atoms with Crippen molar-refractivity contribution in [1.29, 1.82) is 0 Å². The molecule has 8 rings (SSSR count). The second-order valence-electron chi connectivity index (χ2n) is 22.1. The Hall–Kier alpha value is -6.63. The molecule has 0 atom stereocenters. The maximum Gasteiger partial charge on any atom is 0.239 e. The Kier molecular flexibility index (Phi) is 20.5. The Morgan fingerprint density at radius 2 is 0.910 bits per heavy atom. The number of ketones is 2. The van der Waals surface area contributed by atoms with Gasteiger partial charge in [0, 0.05) is 127 Å². The van der Waals surface area contributed by atoms with E-state index < -0.39 is 10.8 Å². The molecule has 8 aromatic rings. The van der Waals surface area contributed by atoms with E-state index in [4.69, 9.17) is 8.83 Å². The van der Waals surface area contributed by atoms with E-state index in [0.717, 1.165) is 85.0 Å². The molecule has 2 amide bonds. The van der Waals surface area contributed by atoms with Gasteiger partial charge >= 0.3 is 0 Å². The quantitative estimate of drug-likeness (QED) is 0.0361. The topological polar surface area (TPSA) is 172 Å². The van der Waals surface area contributed by atoms with Crippen LogP contribution < -0.4 is 0 Å². The van der Waals surface area contributed by atoms with E-state index in [2.05, 4.69) is 76.7 Å². The number of nitrogens with zero attached hydrogens (tertiary/aromatic N) is 10. The number of aromatic nitrogens is 8. The third-order valence-corrected chi connectivity index (χ3v) is 14.6. The van der Waals surface area contributed by atoms with Crippen LogP contribution >= 0.6 is 22.6 Å². The predicted octanol–water partition coefficient (Wildman–Crippen LogP) is 10.6. The van der Waals surface area contributed by atoms with Crippen LogP contribution in [0, 0.1) is 50.4 Å². The lowest BCUT2D eigenvalue weighted by Crippen LogP contribution is -2.55. The van der Waals surface area contributed by atoms with E-state index in [1.165, 1.54) is 0 Å². The number of benzene rings is 2. The van der Waals surface area contributed by atoms with Gasteiger partial charge in [-0.2, -0.15) is 20.4 Å². The van der Waals surface area contributed by atoms with Crippen molar-refractivity contribution in [2.75, 3.05) is 25.6 Å². The van der Waals surface area contributed by atoms with Crippen LogP contribution in [-0.2, 0) is 86.0 Å². The minimum absolute atomic E-state index is 0.00851. The van der Waals surface area contributed by atoms with Crippen LogP contribution in [0.4, 0.5) is 0 Å². The molecule has 6 aromatic heterocycles. The molecule has 418 valence electrons. The summed E-state index contributed by atoms with van der Waals surface area (Å²) in [7, 11) is 11.0. The molecule has 0 N–H and O–H groups in total. The number of alkyl halides is 1. The van der Waals surface area contributed by atoms with Crippen molar-refractivity contribution in [1.82, 2.24) is 48.9 Å². The molecule has 0 aliphatic carbocycles. The fourth-order valence-corrected chi connectivity index (χ4v) is 10.8. The van der Waals surface area contributed by atoms with Gasteiger partial charge in [-0.3, -0.25) is 37.9 Å². The number of carbonyl (C=O) groups is 4. The average molecular weight is 1180 g/mol. The lowest BCUT2D eigenvalue weighted by atomic mass is 9.69. The summed E-state index contributed by atoms with van der Waals surface area (Å²) < 4.78 is 18.1. The molecule has 0 spiro atoms. The summed E-state index contributed by atoms with van der Waals surface area (Å²) in [6, 6.07) is 23.6. The fourth-order valence-electron chi connectivity index (χ4n) is 10.8. The predicted molar refractivity (Wildman–Crippen MR) is 315 cm³/mol. The van der Waals surface area contributed by atoms with Crippen molar-refractivity contribution in [3.63, 3.8) is 0 Å². The van der Waals surface area contributed by atoms with Gasteiger partial charge in [-0.1, -0.05) is 62.4 Å². The number of aryl methyl sites for hydroxylation is 9. The Morgan fingerprint density at radius 1 is 0.526 bits per heavy atom. The zero-order valence-electron chi connectivity index (χ0n) is 48.6. The second kappa shape index (κ2) is 26.3. The molecular formula is C61H81IN10O6.